The highest BCUT2D eigenvalue weighted by Crippen LogP contribution is 2.46. The van der Waals surface area contributed by atoms with Gasteiger partial charge < -0.3 is 15.4 Å². The molecule has 0 bridgehead atoms. The zero-order chi connectivity index (χ0) is 34.5. The molecular formula is C37H45ClF3N5OS. The first-order valence-corrected chi connectivity index (χ1v) is 18.3. The minimum absolute atomic E-state index is 0.108. The molecule has 2 aromatic rings. The van der Waals surface area contributed by atoms with E-state index in [1.165, 1.54) is 36.7 Å². The van der Waals surface area contributed by atoms with E-state index in [2.05, 4.69) is 22.8 Å². The van der Waals surface area contributed by atoms with Crippen LogP contribution in [0.15, 0.2) is 45.7 Å². The molecule has 258 valence electrons. The van der Waals surface area contributed by atoms with Gasteiger partial charge in [0.25, 0.3) is 0 Å². The molecule has 0 saturated carbocycles. The van der Waals surface area contributed by atoms with Crippen molar-refractivity contribution in [2.45, 2.75) is 95.3 Å². The molecule has 3 atom stereocenters. The third-order valence-corrected chi connectivity index (χ3v) is 11.2. The Morgan fingerprint density at radius 1 is 1.19 bits per heavy atom. The monoisotopic (exact) mass is 699 g/mol. The highest BCUT2D eigenvalue weighted by molar-refractivity contribution is 7.99. The van der Waals surface area contributed by atoms with Crippen LogP contribution in [0.1, 0.15) is 81.9 Å². The summed E-state index contributed by atoms with van der Waals surface area (Å²) in [5.41, 5.74) is 8.22. The van der Waals surface area contributed by atoms with Gasteiger partial charge >= 0.3 is 0 Å². The van der Waals surface area contributed by atoms with E-state index in [0.29, 0.717) is 46.7 Å². The van der Waals surface area contributed by atoms with Crippen molar-refractivity contribution in [3.63, 3.8) is 0 Å². The molecule has 0 aromatic heterocycles. The number of hydrogen-bond donors (Lipinski definition) is 1. The van der Waals surface area contributed by atoms with E-state index in [9.17, 15) is 14.0 Å². The van der Waals surface area contributed by atoms with Crippen LogP contribution >= 0.6 is 23.4 Å². The van der Waals surface area contributed by atoms with Gasteiger partial charge in [-0.1, -0.05) is 37.4 Å². The Labute approximate surface area is 291 Å². The molecule has 0 amide bonds. The second-order valence-corrected chi connectivity index (χ2v) is 14.3. The van der Waals surface area contributed by atoms with Gasteiger partial charge in [0.1, 0.15) is 29.7 Å². The third-order valence-electron chi connectivity index (χ3n) is 9.73. The van der Waals surface area contributed by atoms with Gasteiger partial charge in [0.2, 0.25) is 5.88 Å². The number of likely N-dealkylation sites (tertiary alicyclic amines) is 1. The lowest BCUT2D eigenvalue weighted by atomic mass is 9.90. The second kappa shape index (κ2) is 16.1. The maximum atomic E-state index is 16.4. The summed E-state index contributed by atoms with van der Waals surface area (Å²) in [6, 6.07) is 7.36. The molecular weight excluding hydrogens is 655 g/mol. The first kappa shape index (κ1) is 36.2. The lowest BCUT2D eigenvalue weighted by Crippen LogP contribution is -2.39. The topological polar surface area (TPSA) is 77.9 Å². The lowest BCUT2D eigenvalue weighted by Gasteiger charge is -2.32. The van der Waals surface area contributed by atoms with Crippen LogP contribution in [0.4, 0.5) is 13.2 Å². The molecule has 2 N–H and O–H groups in total. The number of allylic oxidation sites excluding steroid dienone is 2. The van der Waals surface area contributed by atoms with E-state index in [4.69, 9.17) is 27.1 Å². The van der Waals surface area contributed by atoms with Gasteiger partial charge in [-0.15, -0.1) is 11.8 Å². The minimum Gasteiger partial charge on any atom is -0.481 e. The maximum absolute atomic E-state index is 16.4. The number of methoxy groups -OCH3 is 1. The fourth-order valence-electron chi connectivity index (χ4n) is 7.21. The van der Waals surface area contributed by atoms with E-state index in [0.717, 1.165) is 51.6 Å². The van der Waals surface area contributed by atoms with Crippen LogP contribution in [0, 0.1) is 29.9 Å². The van der Waals surface area contributed by atoms with Gasteiger partial charge in [-0.2, -0.15) is 10.3 Å². The first-order chi connectivity index (χ1) is 23.1. The zero-order valence-corrected chi connectivity index (χ0v) is 29.8. The first-order valence-electron chi connectivity index (χ1n) is 16.9. The number of benzene rings is 2. The quantitative estimate of drug-likeness (QED) is 0.191. The Balaban J connectivity index is 0.000000427. The van der Waals surface area contributed by atoms with Crippen LogP contribution in [0.25, 0.3) is 16.7 Å². The van der Waals surface area contributed by atoms with Gasteiger partial charge in [0.05, 0.1) is 22.6 Å². The van der Waals surface area contributed by atoms with Crippen LogP contribution < -0.4 is 5.73 Å². The number of aliphatic imine (C=N–C) groups is 1. The number of rotatable bonds is 5. The predicted octanol–water partition coefficient (Wildman–Crippen LogP) is 8.99. The molecule has 0 spiro atoms. The second-order valence-electron chi connectivity index (χ2n) is 12.9. The summed E-state index contributed by atoms with van der Waals surface area (Å²) < 4.78 is 49.4. The summed E-state index contributed by atoms with van der Waals surface area (Å²) >= 11 is 8.03. The van der Waals surface area contributed by atoms with E-state index in [1.807, 2.05) is 13.0 Å². The van der Waals surface area contributed by atoms with Gasteiger partial charge in [0.15, 0.2) is 0 Å². The molecule has 4 heterocycles. The number of ether oxygens (including phenoxy) is 1. The Morgan fingerprint density at radius 2 is 1.98 bits per heavy atom. The average Bonchev–Trinajstić information content (AvgIpc) is 3.58. The Hall–Kier alpha value is -3.13. The van der Waals surface area contributed by atoms with Crippen LogP contribution in [0.3, 0.4) is 0 Å². The highest BCUT2D eigenvalue weighted by atomic mass is 35.5. The molecule has 3 saturated heterocycles. The van der Waals surface area contributed by atoms with Gasteiger partial charge in [0, 0.05) is 53.3 Å². The summed E-state index contributed by atoms with van der Waals surface area (Å²) in [7, 11) is 1.57. The molecule has 4 aliphatic rings. The molecule has 11 heteroatoms. The largest absolute Gasteiger partial charge is 0.481 e. The number of fused-ring (bicyclic) bond motifs is 2. The van der Waals surface area contributed by atoms with Crippen molar-refractivity contribution in [2.24, 2.45) is 10.7 Å². The van der Waals surface area contributed by atoms with Gasteiger partial charge in [-0.3, -0.25) is 4.90 Å². The average molecular weight is 700 g/mol. The van der Waals surface area contributed by atoms with E-state index < -0.39 is 17.8 Å². The zero-order valence-electron chi connectivity index (χ0n) is 28.2. The van der Waals surface area contributed by atoms with Crippen molar-refractivity contribution in [3.8, 4) is 17.2 Å². The van der Waals surface area contributed by atoms with Crippen LogP contribution in [0.2, 0.25) is 5.02 Å². The normalized spacial score (nSPS) is 23.2. The number of amidine groups is 1. The minimum atomic E-state index is -0.550. The van der Waals surface area contributed by atoms with Crippen molar-refractivity contribution in [1.29, 1.82) is 5.26 Å². The number of nitrogens with zero attached hydrogens (tertiary/aromatic N) is 4. The van der Waals surface area contributed by atoms with E-state index in [-0.39, 0.29) is 38.4 Å². The van der Waals surface area contributed by atoms with Crippen molar-refractivity contribution in [2.75, 3.05) is 32.5 Å². The van der Waals surface area contributed by atoms with E-state index >= 15 is 4.39 Å². The molecule has 3 fully saturated rings. The summed E-state index contributed by atoms with van der Waals surface area (Å²) in [4.78, 5) is 9.63. The Bertz CT molecular complexity index is 1640. The number of nitriles is 1. The smallest absolute Gasteiger partial charge is 0.210 e. The SMILES string of the molecule is CC/C=C(/N=C(\c1cc(Cl)c(-c2ccc(F)c3c2C(C#N)=C(N)CS3)c(F)c1C)N1CCCCCC1C)OC.FC1CC2CCCN2C1. The van der Waals surface area contributed by atoms with Crippen LogP contribution in [-0.4, -0.2) is 66.4 Å². The van der Waals surface area contributed by atoms with Gasteiger partial charge in [-0.05, 0) is 88.3 Å². The number of alkyl halides is 1. The van der Waals surface area contributed by atoms with Crippen molar-refractivity contribution in [3.05, 3.63) is 69.2 Å². The number of nitrogens with two attached hydrogens (primary N) is 1. The summed E-state index contributed by atoms with van der Waals surface area (Å²) in [5, 5.41) is 9.98. The third kappa shape index (κ3) is 7.54. The molecule has 6 nitrogen and oxygen atoms in total. The predicted molar refractivity (Wildman–Crippen MR) is 190 cm³/mol. The Morgan fingerprint density at radius 3 is 2.69 bits per heavy atom. The van der Waals surface area contributed by atoms with Crippen molar-refractivity contribution in [1.82, 2.24) is 9.80 Å². The van der Waals surface area contributed by atoms with E-state index in [1.54, 1.807) is 20.1 Å². The molecule has 0 aliphatic carbocycles. The number of halogens is 4. The highest BCUT2D eigenvalue weighted by Gasteiger charge is 2.35. The molecule has 2 aromatic carbocycles. The fraction of sp³-hybridized carbons (Fsp3) is 0.514. The van der Waals surface area contributed by atoms with Crippen LogP contribution in [-0.2, 0) is 4.74 Å². The summed E-state index contributed by atoms with van der Waals surface area (Å²) in [6.07, 6.45) is 9.66. The fourth-order valence-corrected chi connectivity index (χ4v) is 8.51. The molecule has 48 heavy (non-hydrogen) atoms. The number of thioether (sulfide) groups is 1. The Kier molecular flexibility index (Phi) is 12.1. The molecule has 4 aliphatic heterocycles. The molecule has 3 unspecified atom stereocenters. The maximum Gasteiger partial charge on any atom is 0.210 e. The summed E-state index contributed by atoms with van der Waals surface area (Å²) in [5.74, 6) is 0.308. The van der Waals surface area contributed by atoms with Crippen LogP contribution in [0.5, 0.6) is 0 Å². The lowest BCUT2D eigenvalue weighted by molar-refractivity contribution is 0.281. The van der Waals surface area contributed by atoms with Crippen molar-refractivity contribution < 1.29 is 17.9 Å². The standard InChI is InChI=1S/C30H33ClF2N4OS.C7H12FN/c1-5-9-25(38-4)36-30(37-13-8-6-7-10-17(37)2)20-14-22(31)27(28(33)18(20)3)19-11-12-23(32)29-26(19)21(15-34)24(35)16-39-29;8-6-4-7-2-1-3-9(7)5-6/h9,11-12,14,17H,5-8,10,13,16,35H2,1-4H3;6-7H,1-5H2/b25-9-,36-30+;. The molecule has 6 rings (SSSR count). The van der Waals surface area contributed by atoms with Crippen molar-refractivity contribution >= 4 is 34.8 Å². The number of hydrogen-bond acceptors (Lipinski definition) is 6. The van der Waals surface area contributed by atoms with Gasteiger partial charge in [-0.25, -0.2) is 13.2 Å². The molecule has 0 radical (unpaired) electrons. The summed E-state index contributed by atoms with van der Waals surface area (Å²) in [6.45, 7) is 8.48.